The molecular weight excluding hydrogens is 246 g/mol. The Kier molecular flexibility index (Phi) is 6.38. The molecule has 0 bridgehead atoms. The summed E-state index contributed by atoms with van der Waals surface area (Å²) in [4.78, 5) is 0. The average Bonchev–Trinajstić information content (AvgIpc) is 2.52. The molecule has 20 heavy (non-hydrogen) atoms. The second kappa shape index (κ2) is 8.31. The van der Waals surface area contributed by atoms with Gasteiger partial charge in [-0.3, -0.25) is 0 Å². The molecule has 0 spiro atoms. The Morgan fingerprint density at radius 2 is 2.05 bits per heavy atom. The van der Waals surface area contributed by atoms with E-state index in [-0.39, 0.29) is 0 Å². The quantitative estimate of drug-likeness (QED) is 0.789. The van der Waals surface area contributed by atoms with Crippen LogP contribution in [0.4, 0.5) is 0 Å². The fourth-order valence-electron chi connectivity index (χ4n) is 3.04. The predicted molar refractivity (Wildman–Crippen MR) is 85.1 cm³/mol. The van der Waals surface area contributed by atoms with E-state index in [2.05, 4.69) is 37.4 Å². The maximum Gasteiger partial charge on any atom is 0.119 e. The molecular formula is C18H29NO. The normalized spacial score (nSPS) is 17.9. The Bertz CT molecular complexity index is 385. The van der Waals surface area contributed by atoms with Crippen LogP contribution in [0.25, 0.3) is 0 Å². The lowest BCUT2D eigenvalue weighted by atomic mass is 9.84. The molecule has 1 aromatic carbocycles. The lowest BCUT2D eigenvalue weighted by Crippen LogP contribution is -2.34. The summed E-state index contributed by atoms with van der Waals surface area (Å²) in [6.07, 6.45) is 8.11. The minimum Gasteiger partial charge on any atom is -0.494 e. The van der Waals surface area contributed by atoms with E-state index in [9.17, 15) is 0 Å². The fourth-order valence-corrected chi connectivity index (χ4v) is 3.04. The molecule has 0 radical (unpaired) electrons. The van der Waals surface area contributed by atoms with Crippen LogP contribution in [0.5, 0.6) is 5.75 Å². The molecule has 1 aliphatic rings. The molecule has 2 heteroatoms. The van der Waals surface area contributed by atoms with E-state index < -0.39 is 0 Å². The van der Waals surface area contributed by atoms with E-state index >= 15 is 0 Å². The van der Waals surface area contributed by atoms with Crippen molar-refractivity contribution < 1.29 is 4.74 Å². The van der Waals surface area contributed by atoms with Gasteiger partial charge in [-0.25, -0.2) is 0 Å². The standard InChI is InChI=1S/C18H29NO/c1-3-12-20-18-11-7-8-16(13-18)14-19-15(2)17-9-5-4-6-10-17/h7-8,11,13,15,17,19H,3-6,9-10,12,14H2,1-2H3. The molecule has 1 N–H and O–H groups in total. The molecule has 1 saturated carbocycles. The molecule has 1 aromatic rings. The van der Waals surface area contributed by atoms with Crippen molar-refractivity contribution in [1.82, 2.24) is 5.32 Å². The molecule has 1 unspecified atom stereocenters. The van der Waals surface area contributed by atoms with E-state index in [0.717, 1.165) is 31.2 Å². The zero-order valence-electron chi connectivity index (χ0n) is 13.0. The van der Waals surface area contributed by atoms with Crippen LogP contribution < -0.4 is 10.1 Å². The first-order valence-electron chi connectivity index (χ1n) is 8.24. The summed E-state index contributed by atoms with van der Waals surface area (Å²) in [5.41, 5.74) is 1.32. The van der Waals surface area contributed by atoms with Crippen LogP contribution in [0.3, 0.4) is 0 Å². The fraction of sp³-hybridized carbons (Fsp3) is 0.667. The SMILES string of the molecule is CCCOc1cccc(CNC(C)C2CCCCC2)c1. The topological polar surface area (TPSA) is 21.3 Å². The first-order chi connectivity index (χ1) is 9.79. The number of nitrogens with one attached hydrogen (secondary N) is 1. The number of hydrogen-bond donors (Lipinski definition) is 1. The molecule has 1 fully saturated rings. The number of benzene rings is 1. The molecule has 0 saturated heterocycles. The zero-order valence-corrected chi connectivity index (χ0v) is 13.0. The first-order valence-corrected chi connectivity index (χ1v) is 8.24. The Labute approximate surface area is 123 Å². The third-order valence-electron chi connectivity index (χ3n) is 4.36. The Morgan fingerprint density at radius 3 is 2.80 bits per heavy atom. The second-order valence-corrected chi connectivity index (χ2v) is 6.06. The summed E-state index contributed by atoms with van der Waals surface area (Å²) in [5, 5.41) is 3.70. The largest absolute Gasteiger partial charge is 0.494 e. The van der Waals surface area contributed by atoms with Crippen LogP contribution >= 0.6 is 0 Å². The second-order valence-electron chi connectivity index (χ2n) is 6.06. The average molecular weight is 275 g/mol. The van der Waals surface area contributed by atoms with Crippen LogP contribution in [0.15, 0.2) is 24.3 Å². The van der Waals surface area contributed by atoms with Crippen molar-refractivity contribution in [2.45, 2.75) is 65.0 Å². The van der Waals surface area contributed by atoms with Crippen molar-refractivity contribution >= 4 is 0 Å². The summed E-state index contributed by atoms with van der Waals surface area (Å²) < 4.78 is 5.69. The van der Waals surface area contributed by atoms with Crippen molar-refractivity contribution in [2.75, 3.05) is 6.61 Å². The van der Waals surface area contributed by atoms with Crippen molar-refractivity contribution in [3.05, 3.63) is 29.8 Å². The highest BCUT2D eigenvalue weighted by atomic mass is 16.5. The minimum atomic E-state index is 0.621. The van der Waals surface area contributed by atoms with E-state index in [1.807, 2.05) is 6.07 Å². The van der Waals surface area contributed by atoms with Crippen molar-refractivity contribution in [2.24, 2.45) is 5.92 Å². The van der Waals surface area contributed by atoms with Crippen LogP contribution in [0, 0.1) is 5.92 Å². The molecule has 0 amide bonds. The highest BCUT2D eigenvalue weighted by Crippen LogP contribution is 2.26. The highest BCUT2D eigenvalue weighted by Gasteiger charge is 2.19. The van der Waals surface area contributed by atoms with Gasteiger partial charge < -0.3 is 10.1 Å². The summed E-state index contributed by atoms with van der Waals surface area (Å²) in [5.74, 6) is 1.86. The van der Waals surface area contributed by atoms with Crippen LogP contribution in [-0.2, 0) is 6.54 Å². The number of rotatable bonds is 7. The molecule has 0 aromatic heterocycles. The maximum absolute atomic E-state index is 5.69. The van der Waals surface area contributed by atoms with Crippen LogP contribution in [0.1, 0.15) is 57.9 Å². The number of hydrogen-bond acceptors (Lipinski definition) is 2. The lowest BCUT2D eigenvalue weighted by Gasteiger charge is -2.28. The number of ether oxygens (including phenoxy) is 1. The summed E-state index contributed by atoms with van der Waals surface area (Å²) in [7, 11) is 0. The van der Waals surface area contributed by atoms with Gasteiger partial charge in [0.2, 0.25) is 0 Å². The predicted octanol–water partition coefficient (Wildman–Crippen LogP) is 4.53. The lowest BCUT2D eigenvalue weighted by molar-refractivity contribution is 0.280. The molecule has 1 aliphatic carbocycles. The van der Waals surface area contributed by atoms with Gasteiger partial charge in [0.1, 0.15) is 5.75 Å². The zero-order chi connectivity index (χ0) is 14.2. The van der Waals surface area contributed by atoms with Crippen LogP contribution in [-0.4, -0.2) is 12.6 Å². The third-order valence-corrected chi connectivity index (χ3v) is 4.36. The van der Waals surface area contributed by atoms with E-state index in [1.165, 1.54) is 37.7 Å². The third kappa shape index (κ3) is 4.82. The highest BCUT2D eigenvalue weighted by molar-refractivity contribution is 5.28. The summed E-state index contributed by atoms with van der Waals surface area (Å²) >= 11 is 0. The molecule has 2 rings (SSSR count). The first kappa shape index (κ1) is 15.4. The maximum atomic E-state index is 5.69. The van der Waals surface area contributed by atoms with Gasteiger partial charge in [0.15, 0.2) is 0 Å². The van der Waals surface area contributed by atoms with Gasteiger partial charge in [0, 0.05) is 12.6 Å². The Morgan fingerprint density at radius 1 is 1.25 bits per heavy atom. The van der Waals surface area contributed by atoms with Gasteiger partial charge in [0.05, 0.1) is 6.61 Å². The molecule has 2 nitrogen and oxygen atoms in total. The smallest absolute Gasteiger partial charge is 0.119 e. The van der Waals surface area contributed by atoms with Gasteiger partial charge in [-0.15, -0.1) is 0 Å². The minimum absolute atomic E-state index is 0.621. The summed E-state index contributed by atoms with van der Waals surface area (Å²) in [6.45, 7) is 6.22. The molecule has 0 heterocycles. The van der Waals surface area contributed by atoms with Crippen LogP contribution in [0.2, 0.25) is 0 Å². The van der Waals surface area contributed by atoms with Gasteiger partial charge in [0.25, 0.3) is 0 Å². The van der Waals surface area contributed by atoms with E-state index in [4.69, 9.17) is 4.74 Å². The van der Waals surface area contributed by atoms with Gasteiger partial charge in [-0.1, -0.05) is 38.3 Å². The summed E-state index contributed by atoms with van der Waals surface area (Å²) in [6, 6.07) is 9.10. The van der Waals surface area contributed by atoms with Gasteiger partial charge in [-0.05, 0) is 49.8 Å². The van der Waals surface area contributed by atoms with E-state index in [0.29, 0.717) is 6.04 Å². The monoisotopic (exact) mass is 275 g/mol. The van der Waals surface area contributed by atoms with E-state index in [1.54, 1.807) is 0 Å². The van der Waals surface area contributed by atoms with Gasteiger partial charge >= 0.3 is 0 Å². The Hall–Kier alpha value is -1.02. The Balaban J connectivity index is 1.80. The molecule has 0 aliphatic heterocycles. The molecule has 112 valence electrons. The van der Waals surface area contributed by atoms with Crippen molar-refractivity contribution in [3.63, 3.8) is 0 Å². The van der Waals surface area contributed by atoms with Crippen molar-refractivity contribution in [3.8, 4) is 5.75 Å². The van der Waals surface area contributed by atoms with Crippen molar-refractivity contribution in [1.29, 1.82) is 0 Å². The molecule has 1 atom stereocenters. The van der Waals surface area contributed by atoms with Gasteiger partial charge in [-0.2, -0.15) is 0 Å².